The maximum absolute atomic E-state index is 12.4. The van der Waals surface area contributed by atoms with Crippen molar-refractivity contribution in [2.24, 2.45) is 4.99 Å². The molecule has 0 bridgehead atoms. The van der Waals surface area contributed by atoms with Gasteiger partial charge in [-0.05, 0) is 26.0 Å². The first kappa shape index (κ1) is 24.6. The van der Waals surface area contributed by atoms with Crippen molar-refractivity contribution >= 4 is 21.5 Å². The summed E-state index contributed by atoms with van der Waals surface area (Å²) >= 11 is 0. The van der Waals surface area contributed by atoms with E-state index in [0.717, 1.165) is 13.4 Å². The second kappa shape index (κ2) is 10.1. The normalized spacial score (nSPS) is 16.2. The minimum atomic E-state index is -4.08. The minimum absolute atomic E-state index is 0.105. The van der Waals surface area contributed by atoms with Gasteiger partial charge in [0, 0.05) is 12.3 Å². The minimum Gasteiger partial charge on any atom is -0.494 e. The SMILES string of the molecule is CCOC(=O)C1=NC(S(C)(=O)=O)N(OC)C(Oc2cc(C#N)cc(OCC)c2)=C1[N+](=O)[O-]. The third-order valence-electron chi connectivity index (χ3n) is 3.83. The Morgan fingerprint density at radius 3 is 2.44 bits per heavy atom. The van der Waals surface area contributed by atoms with Crippen molar-refractivity contribution in [1.29, 1.82) is 5.26 Å². The number of hydrogen-bond donors (Lipinski definition) is 0. The summed E-state index contributed by atoms with van der Waals surface area (Å²) in [5, 5.41) is 21.6. The Kier molecular flexibility index (Phi) is 7.73. The van der Waals surface area contributed by atoms with Crippen LogP contribution in [0.5, 0.6) is 11.5 Å². The molecule has 0 radical (unpaired) electrons. The quantitative estimate of drug-likeness (QED) is 0.287. The van der Waals surface area contributed by atoms with Gasteiger partial charge in [-0.2, -0.15) is 10.3 Å². The van der Waals surface area contributed by atoms with Crippen molar-refractivity contribution in [3.05, 3.63) is 45.5 Å². The first-order valence-electron chi connectivity index (χ1n) is 9.09. The van der Waals surface area contributed by atoms with Gasteiger partial charge in [0.25, 0.3) is 5.50 Å². The molecule has 1 atom stereocenters. The van der Waals surface area contributed by atoms with E-state index < -0.39 is 43.5 Å². The number of rotatable bonds is 9. The molecule has 32 heavy (non-hydrogen) atoms. The maximum Gasteiger partial charge on any atom is 0.364 e. The molecule has 0 fully saturated rings. The third-order valence-corrected chi connectivity index (χ3v) is 4.90. The lowest BCUT2D eigenvalue weighted by molar-refractivity contribution is -0.421. The number of esters is 1. The molecule has 0 N–H and O–H groups in total. The number of carbonyl (C=O) groups is 1. The van der Waals surface area contributed by atoms with Crippen LogP contribution in [0.1, 0.15) is 19.4 Å². The number of carbonyl (C=O) groups excluding carboxylic acids is 1. The molecule has 1 heterocycles. The van der Waals surface area contributed by atoms with Crippen molar-refractivity contribution in [1.82, 2.24) is 5.06 Å². The number of sulfone groups is 1. The molecular weight excluding hydrogens is 448 g/mol. The summed E-state index contributed by atoms with van der Waals surface area (Å²) in [4.78, 5) is 32.0. The summed E-state index contributed by atoms with van der Waals surface area (Å²) in [7, 11) is -3.04. The zero-order chi connectivity index (χ0) is 24.1. The van der Waals surface area contributed by atoms with Crippen LogP contribution in [-0.4, -0.2) is 62.2 Å². The van der Waals surface area contributed by atoms with Crippen LogP contribution in [0, 0.1) is 21.4 Å². The zero-order valence-corrected chi connectivity index (χ0v) is 18.4. The van der Waals surface area contributed by atoms with Crippen molar-refractivity contribution in [3.63, 3.8) is 0 Å². The lowest BCUT2D eigenvalue weighted by Crippen LogP contribution is -2.47. The lowest BCUT2D eigenvalue weighted by atomic mass is 10.2. The fourth-order valence-corrected chi connectivity index (χ4v) is 3.46. The standard InChI is InChI=1S/C18H20N4O9S/c1-5-29-12-7-11(10-19)8-13(9-12)31-16-15(22(24)25)14(17(23)30-6-2)20-18(21(16)28-3)32(4,26)27/h7-9,18H,5-6H2,1-4H3. The number of nitro groups is 1. The Hall–Kier alpha value is -3.70. The highest BCUT2D eigenvalue weighted by atomic mass is 32.2. The van der Waals surface area contributed by atoms with Gasteiger partial charge in [0.2, 0.25) is 5.71 Å². The van der Waals surface area contributed by atoms with Gasteiger partial charge < -0.3 is 14.2 Å². The third kappa shape index (κ3) is 5.31. The zero-order valence-electron chi connectivity index (χ0n) is 17.6. The van der Waals surface area contributed by atoms with Crippen LogP contribution in [0.4, 0.5) is 0 Å². The number of nitriles is 1. The predicted molar refractivity (Wildman–Crippen MR) is 109 cm³/mol. The Morgan fingerprint density at radius 1 is 1.28 bits per heavy atom. The molecular formula is C18H20N4O9S. The molecule has 0 amide bonds. The van der Waals surface area contributed by atoms with E-state index in [9.17, 15) is 28.6 Å². The van der Waals surface area contributed by atoms with Gasteiger partial charge in [-0.1, -0.05) is 0 Å². The van der Waals surface area contributed by atoms with E-state index >= 15 is 0 Å². The molecule has 0 aliphatic carbocycles. The second-order valence-corrected chi connectivity index (χ2v) is 8.19. The smallest absolute Gasteiger partial charge is 0.364 e. The van der Waals surface area contributed by atoms with Crippen LogP contribution in [-0.2, 0) is 24.2 Å². The summed E-state index contributed by atoms with van der Waals surface area (Å²) in [6.45, 7) is 3.29. The number of hydrogen-bond acceptors (Lipinski definition) is 12. The molecule has 0 saturated carbocycles. The van der Waals surface area contributed by atoms with Gasteiger partial charge in [0.15, 0.2) is 9.84 Å². The monoisotopic (exact) mass is 468 g/mol. The van der Waals surface area contributed by atoms with E-state index in [1.165, 1.54) is 25.1 Å². The molecule has 0 saturated heterocycles. The largest absolute Gasteiger partial charge is 0.494 e. The summed E-state index contributed by atoms with van der Waals surface area (Å²) in [6.07, 6.45) is 0.800. The molecule has 13 nitrogen and oxygen atoms in total. The van der Waals surface area contributed by atoms with E-state index in [1.807, 2.05) is 6.07 Å². The van der Waals surface area contributed by atoms with Crippen molar-refractivity contribution < 1.29 is 37.2 Å². The number of hydroxylamine groups is 2. The molecule has 1 aliphatic rings. The van der Waals surface area contributed by atoms with Crippen molar-refractivity contribution in [2.75, 3.05) is 26.6 Å². The van der Waals surface area contributed by atoms with Gasteiger partial charge in [-0.3, -0.25) is 15.0 Å². The molecule has 1 aliphatic heterocycles. The number of benzene rings is 1. The van der Waals surface area contributed by atoms with Crippen LogP contribution in [0.3, 0.4) is 0 Å². The van der Waals surface area contributed by atoms with E-state index in [0.29, 0.717) is 5.06 Å². The topological polar surface area (TPSA) is 171 Å². The van der Waals surface area contributed by atoms with Crippen molar-refractivity contribution in [3.8, 4) is 17.6 Å². The fourth-order valence-electron chi connectivity index (χ4n) is 2.64. The Bertz CT molecular complexity index is 1120. The Morgan fingerprint density at radius 2 is 1.94 bits per heavy atom. The molecule has 1 aromatic carbocycles. The number of aliphatic imine (C=N–C) groups is 1. The summed E-state index contributed by atoms with van der Waals surface area (Å²) in [5.74, 6) is -1.85. The van der Waals surface area contributed by atoms with Crippen LogP contribution in [0.25, 0.3) is 0 Å². The highest BCUT2D eigenvalue weighted by Crippen LogP contribution is 2.31. The van der Waals surface area contributed by atoms with Gasteiger partial charge >= 0.3 is 17.5 Å². The average Bonchev–Trinajstić information content (AvgIpc) is 2.72. The first-order chi connectivity index (χ1) is 15.1. The summed E-state index contributed by atoms with van der Waals surface area (Å²) < 4.78 is 40.4. The molecule has 2 rings (SSSR count). The highest BCUT2D eigenvalue weighted by Gasteiger charge is 2.47. The Labute approximate surface area is 183 Å². The molecule has 172 valence electrons. The van der Waals surface area contributed by atoms with Crippen LogP contribution in [0.2, 0.25) is 0 Å². The molecule has 1 aromatic rings. The second-order valence-electron chi connectivity index (χ2n) is 6.11. The molecule has 1 unspecified atom stereocenters. The fraction of sp³-hybridized carbons (Fsp3) is 0.389. The lowest BCUT2D eigenvalue weighted by Gasteiger charge is -2.31. The van der Waals surface area contributed by atoms with Gasteiger partial charge in [0.05, 0.1) is 36.9 Å². The van der Waals surface area contributed by atoms with E-state index in [4.69, 9.17) is 19.0 Å². The summed E-state index contributed by atoms with van der Waals surface area (Å²) in [5.41, 5.74) is -3.62. The average molecular weight is 468 g/mol. The van der Waals surface area contributed by atoms with E-state index in [2.05, 4.69) is 4.99 Å². The molecule has 14 heteroatoms. The van der Waals surface area contributed by atoms with Gasteiger partial charge in [0.1, 0.15) is 11.5 Å². The van der Waals surface area contributed by atoms with Crippen LogP contribution < -0.4 is 9.47 Å². The number of nitrogens with zero attached hydrogens (tertiary/aromatic N) is 4. The molecule has 0 spiro atoms. The summed E-state index contributed by atoms with van der Waals surface area (Å²) in [6, 6.07) is 5.88. The molecule has 0 aromatic heterocycles. The van der Waals surface area contributed by atoms with Crippen LogP contribution in [0.15, 0.2) is 34.8 Å². The van der Waals surface area contributed by atoms with E-state index in [1.54, 1.807) is 6.92 Å². The highest BCUT2D eigenvalue weighted by molar-refractivity contribution is 7.91. The maximum atomic E-state index is 12.4. The predicted octanol–water partition coefficient (Wildman–Crippen LogP) is 0.991. The Balaban J connectivity index is 2.75. The van der Waals surface area contributed by atoms with Gasteiger partial charge in [-0.15, -0.1) is 0 Å². The first-order valence-corrected chi connectivity index (χ1v) is 11.0. The van der Waals surface area contributed by atoms with Gasteiger partial charge in [-0.25, -0.2) is 18.2 Å². The van der Waals surface area contributed by atoms with E-state index in [-0.39, 0.29) is 30.3 Å². The van der Waals surface area contributed by atoms with Crippen LogP contribution >= 0.6 is 0 Å². The van der Waals surface area contributed by atoms with Crippen molar-refractivity contribution in [2.45, 2.75) is 19.3 Å². The number of ether oxygens (including phenoxy) is 3.